The van der Waals surface area contributed by atoms with E-state index in [1.165, 1.54) is 0 Å². The maximum Gasteiger partial charge on any atom is 0.267 e. The van der Waals surface area contributed by atoms with Crippen molar-refractivity contribution in [1.82, 2.24) is 9.21 Å². The lowest BCUT2D eigenvalue weighted by Gasteiger charge is -2.44. The quantitative estimate of drug-likeness (QED) is 0.715. The molecule has 3 atom stereocenters. The molecule has 4 aliphatic rings. The number of carbonyl (C=O) groups excluding carboxylic acids is 1. The summed E-state index contributed by atoms with van der Waals surface area (Å²) in [5.74, 6) is 0.301. The molecule has 1 amide bonds. The number of oxime groups is 1. The fourth-order valence-corrected chi connectivity index (χ4v) is 6.92. The second-order valence-corrected chi connectivity index (χ2v) is 11.5. The van der Waals surface area contributed by atoms with Gasteiger partial charge in [0.15, 0.2) is 0 Å². The fourth-order valence-electron chi connectivity index (χ4n) is 5.08. The van der Waals surface area contributed by atoms with E-state index in [1.807, 2.05) is 4.90 Å². The third kappa shape index (κ3) is 3.50. The molecule has 0 N–H and O–H groups in total. The summed E-state index contributed by atoms with van der Waals surface area (Å²) in [5, 5.41) is 4.16. The lowest BCUT2D eigenvalue weighted by molar-refractivity contribution is -0.147. The Morgan fingerprint density at radius 1 is 1.11 bits per heavy atom. The summed E-state index contributed by atoms with van der Waals surface area (Å²) < 4.78 is 26.7. The molecule has 2 bridgehead atoms. The van der Waals surface area contributed by atoms with Gasteiger partial charge < -0.3 is 9.74 Å². The zero-order valence-electron chi connectivity index (χ0n) is 16.6. The van der Waals surface area contributed by atoms with E-state index in [1.54, 1.807) is 4.31 Å². The van der Waals surface area contributed by atoms with Crippen LogP contribution in [0.25, 0.3) is 0 Å². The van der Waals surface area contributed by atoms with Crippen molar-refractivity contribution in [3.05, 3.63) is 0 Å². The average molecular weight is 398 g/mol. The van der Waals surface area contributed by atoms with Crippen molar-refractivity contribution < 1.29 is 18.0 Å². The van der Waals surface area contributed by atoms with E-state index >= 15 is 0 Å². The summed E-state index contributed by atoms with van der Waals surface area (Å²) in [7, 11) is -3.13. The minimum atomic E-state index is -3.13. The van der Waals surface area contributed by atoms with Gasteiger partial charge in [0, 0.05) is 36.5 Å². The molecule has 0 spiro atoms. The number of amides is 1. The predicted molar refractivity (Wildman–Crippen MR) is 103 cm³/mol. The van der Waals surface area contributed by atoms with Gasteiger partial charge in [0.1, 0.15) is 0 Å². The van der Waals surface area contributed by atoms with Gasteiger partial charge in [-0.3, -0.25) is 4.79 Å². The van der Waals surface area contributed by atoms with Crippen LogP contribution in [0.4, 0.5) is 0 Å². The molecule has 0 aromatic carbocycles. The lowest BCUT2D eigenvalue weighted by Crippen LogP contribution is -2.56. The Bertz CT molecular complexity index is 729. The Hall–Kier alpha value is -1.15. The van der Waals surface area contributed by atoms with Crippen molar-refractivity contribution in [2.45, 2.75) is 89.9 Å². The Balaban J connectivity index is 1.43. The summed E-state index contributed by atoms with van der Waals surface area (Å²) in [4.78, 5) is 20.6. The summed E-state index contributed by atoms with van der Waals surface area (Å²) in [5.41, 5.74) is 0.839. The molecule has 27 heavy (non-hydrogen) atoms. The molecule has 4 heterocycles. The van der Waals surface area contributed by atoms with E-state index < -0.39 is 16.1 Å². The number of fused-ring (bicyclic) bond motifs is 2. The number of piperidine rings is 1. The average Bonchev–Trinajstić information content (AvgIpc) is 3.17. The van der Waals surface area contributed by atoms with Crippen LogP contribution < -0.4 is 0 Å². The van der Waals surface area contributed by atoms with Crippen molar-refractivity contribution in [3.63, 3.8) is 0 Å². The molecular weight excluding hydrogens is 366 g/mol. The van der Waals surface area contributed by atoms with Crippen molar-refractivity contribution in [2.75, 3.05) is 12.3 Å². The van der Waals surface area contributed by atoms with E-state index in [4.69, 9.17) is 4.84 Å². The van der Waals surface area contributed by atoms with Crippen molar-refractivity contribution >= 4 is 21.6 Å². The second-order valence-electron chi connectivity index (χ2n) is 9.48. The molecule has 152 valence electrons. The van der Waals surface area contributed by atoms with Crippen LogP contribution in [0.5, 0.6) is 0 Å². The zero-order chi connectivity index (χ0) is 19.4. The SMILES string of the molecule is CC(C)(C)C1=NOC(C(=O)N2C3CCC2CC(N2CCCCS2(=O)=O)C3)C1. The Kier molecular flexibility index (Phi) is 4.78. The summed E-state index contributed by atoms with van der Waals surface area (Å²) in [6.45, 7) is 6.87. The Labute approximate surface area is 162 Å². The molecule has 0 aromatic heterocycles. The predicted octanol–water partition coefficient (Wildman–Crippen LogP) is 2.12. The van der Waals surface area contributed by atoms with Gasteiger partial charge in [-0.15, -0.1) is 0 Å². The van der Waals surface area contributed by atoms with Crippen molar-refractivity contribution in [3.8, 4) is 0 Å². The molecule has 0 aliphatic carbocycles. The molecular formula is C19H31N3O4S. The lowest BCUT2D eigenvalue weighted by atomic mass is 9.87. The Morgan fingerprint density at radius 2 is 1.78 bits per heavy atom. The smallest absolute Gasteiger partial charge is 0.267 e. The number of hydrogen-bond donors (Lipinski definition) is 0. The summed E-state index contributed by atoms with van der Waals surface area (Å²) >= 11 is 0. The first-order valence-corrected chi connectivity index (χ1v) is 11.8. The standard InChI is InChI=1S/C19H31N3O4S/c1-19(2,3)17-12-16(26-20-17)18(23)22-13-6-7-14(22)11-15(10-13)21-8-4-5-9-27(21,24)25/h13-16H,4-12H2,1-3H3. The van der Waals surface area contributed by atoms with Crippen LogP contribution in [0.3, 0.4) is 0 Å². The van der Waals surface area contributed by atoms with E-state index in [0.29, 0.717) is 13.0 Å². The van der Waals surface area contributed by atoms with Gasteiger partial charge in [-0.1, -0.05) is 25.9 Å². The number of carbonyl (C=O) groups is 1. The van der Waals surface area contributed by atoms with Gasteiger partial charge >= 0.3 is 0 Å². The van der Waals surface area contributed by atoms with E-state index in [0.717, 1.165) is 44.2 Å². The van der Waals surface area contributed by atoms with Crippen LogP contribution in [-0.4, -0.2) is 65.8 Å². The first-order chi connectivity index (χ1) is 12.7. The van der Waals surface area contributed by atoms with Crippen LogP contribution in [0.2, 0.25) is 0 Å². The molecule has 0 radical (unpaired) electrons. The maximum absolute atomic E-state index is 13.1. The van der Waals surface area contributed by atoms with Gasteiger partial charge in [-0.25, -0.2) is 8.42 Å². The van der Waals surface area contributed by atoms with Crippen LogP contribution in [0.1, 0.15) is 65.7 Å². The topological polar surface area (TPSA) is 79.3 Å². The third-order valence-electron chi connectivity index (χ3n) is 6.57. The highest BCUT2D eigenvalue weighted by Crippen LogP contribution is 2.40. The minimum absolute atomic E-state index is 0.0328. The van der Waals surface area contributed by atoms with Crippen molar-refractivity contribution in [1.29, 1.82) is 0 Å². The van der Waals surface area contributed by atoms with Gasteiger partial charge in [0.05, 0.1) is 11.5 Å². The largest absolute Gasteiger partial charge is 0.382 e. The molecule has 3 saturated heterocycles. The van der Waals surface area contributed by atoms with Crippen LogP contribution in [0, 0.1) is 5.41 Å². The van der Waals surface area contributed by atoms with Crippen LogP contribution in [-0.2, 0) is 19.7 Å². The van der Waals surface area contributed by atoms with Crippen molar-refractivity contribution in [2.24, 2.45) is 10.6 Å². The van der Waals surface area contributed by atoms with Crippen LogP contribution >= 0.6 is 0 Å². The highest BCUT2D eigenvalue weighted by atomic mass is 32.2. The van der Waals surface area contributed by atoms with E-state index in [-0.39, 0.29) is 35.2 Å². The Morgan fingerprint density at radius 3 is 2.33 bits per heavy atom. The molecule has 0 aromatic rings. The van der Waals surface area contributed by atoms with E-state index in [9.17, 15) is 13.2 Å². The molecule has 4 aliphatic heterocycles. The van der Waals surface area contributed by atoms with Crippen LogP contribution in [0.15, 0.2) is 5.16 Å². The second kappa shape index (κ2) is 6.72. The highest BCUT2D eigenvalue weighted by Gasteiger charge is 2.49. The van der Waals surface area contributed by atoms with Gasteiger partial charge in [0.2, 0.25) is 16.1 Å². The number of sulfonamides is 1. The molecule has 0 saturated carbocycles. The molecule has 7 nitrogen and oxygen atoms in total. The third-order valence-corrected chi connectivity index (χ3v) is 8.57. The fraction of sp³-hybridized carbons (Fsp3) is 0.895. The zero-order valence-corrected chi connectivity index (χ0v) is 17.4. The number of hydrogen-bond acceptors (Lipinski definition) is 5. The molecule has 8 heteroatoms. The normalized spacial score (nSPS) is 36.4. The number of nitrogens with zero attached hydrogens (tertiary/aromatic N) is 3. The van der Waals surface area contributed by atoms with Gasteiger partial charge in [-0.2, -0.15) is 4.31 Å². The highest BCUT2D eigenvalue weighted by molar-refractivity contribution is 7.89. The molecule has 3 unspecified atom stereocenters. The first-order valence-electron chi connectivity index (χ1n) is 10.2. The molecule has 4 rings (SSSR count). The summed E-state index contributed by atoms with van der Waals surface area (Å²) in [6.07, 6.45) is 5.16. The van der Waals surface area contributed by atoms with Gasteiger partial charge in [0.25, 0.3) is 5.91 Å². The monoisotopic (exact) mass is 397 g/mol. The minimum Gasteiger partial charge on any atom is -0.382 e. The summed E-state index contributed by atoms with van der Waals surface area (Å²) in [6, 6.07) is 0.295. The van der Waals surface area contributed by atoms with E-state index in [2.05, 4.69) is 25.9 Å². The molecule has 3 fully saturated rings. The number of rotatable bonds is 2. The van der Waals surface area contributed by atoms with Gasteiger partial charge in [-0.05, 0) is 38.5 Å². The maximum atomic E-state index is 13.1. The first kappa shape index (κ1) is 19.2.